The van der Waals surface area contributed by atoms with Crippen LogP contribution in [-0.2, 0) is 19.1 Å². The summed E-state index contributed by atoms with van der Waals surface area (Å²) in [4.78, 5) is 28.0. The van der Waals surface area contributed by atoms with Crippen molar-refractivity contribution in [2.24, 2.45) is 0 Å². The molecule has 3 saturated heterocycles. The molecule has 24 heavy (non-hydrogen) atoms. The fourth-order valence-electron chi connectivity index (χ4n) is 3.75. The second kappa shape index (κ2) is 5.91. The van der Waals surface area contributed by atoms with Crippen molar-refractivity contribution >= 4 is 17.5 Å². The first-order chi connectivity index (χ1) is 11.6. The van der Waals surface area contributed by atoms with Gasteiger partial charge >= 0.3 is 0 Å². The SMILES string of the molecule is O=C1CC(N2CCC3(CC2)OCCO3)C(=O)N1c1ccccc1F. The molecule has 0 aliphatic carbocycles. The monoisotopic (exact) mass is 334 g/mol. The zero-order chi connectivity index (χ0) is 16.7. The second-order valence-electron chi connectivity index (χ2n) is 6.38. The van der Waals surface area contributed by atoms with Crippen molar-refractivity contribution in [1.82, 2.24) is 4.90 Å². The summed E-state index contributed by atoms with van der Waals surface area (Å²) in [6.07, 6.45) is 1.43. The number of piperidine rings is 1. The van der Waals surface area contributed by atoms with Gasteiger partial charge in [-0.3, -0.25) is 14.5 Å². The number of para-hydroxylation sites is 1. The van der Waals surface area contributed by atoms with Crippen LogP contribution >= 0.6 is 0 Å². The number of nitrogens with zero attached hydrogens (tertiary/aromatic N) is 2. The van der Waals surface area contributed by atoms with Crippen LogP contribution in [0.15, 0.2) is 24.3 Å². The zero-order valence-electron chi connectivity index (χ0n) is 13.2. The van der Waals surface area contributed by atoms with Crippen molar-refractivity contribution in [3.63, 3.8) is 0 Å². The first-order valence-corrected chi connectivity index (χ1v) is 8.23. The van der Waals surface area contributed by atoms with Crippen molar-refractivity contribution in [3.05, 3.63) is 30.1 Å². The molecule has 1 spiro atoms. The summed E-state index contributed by atoms with van der Waals surface area (Å²) in [7, 11) is 0. The third-order valence-electron chi connectivity index (χ3n) is 5.03. The van der Waals surface area contributed by atoms with E-state index in [-0.39, 0.29) is 23.9 Å². The Labute approximate surface area is 139 Å². The number of hydrogen-bond acceptors (Lipinski definition) is 5. The molecule has 4 rings (SSSR count). The van der Waals surface area contributed by atoms with Crippen LogP contribution in [-0.4, -0.2) is 54.8 Å². The molecular formula is C17H19FN2O4. The first-order valence-electron chi connectivity index (χ1n) is 8.23. The van der Waals surface area contributed by atoms with Gasteiger partial charge in [0.05, 0.1) is 31.4 Å². The van der Waals surface area contributed by atoms with Crippen LogP contribution in [0.2, 0.25) is 0 Å². The molecule has 2 amide bonds. The fraction of sp³-hybridized carbons (Fsp3) is 0.529. The predicted octanol–water partition coefficient (Wildman–Crippen LogP) is 1.30. The van der Waals surface area contributed by atoms with E-state index in [9.17, 15) is 14.0 Å². The highest BCUT2D eigenvalue weighted by Gasteiger charge is 2.47. The molecule has 3 aliphatic rings. The number of ether oxygens (including phenoxy) is 2. The van der Waals surface area contributed by atoms with Crippen LogP contribution in [0.25, 0.3) is 0 Å². The molecule has 0 saturated carbocycles. The van der Waals surface area contributed by atoms with Crippen LogP contribution in [0.1, 0.15) is 19.3 Å². The molecule has 0 aromatic heterocycles. The smallest absolute Gasteiger partial charge is 0.251 e. The molecule has 7 heteroatoms. The average molecular weight is 334 g/mol. The Morgan fingerprint density at radius 2 is 1.75 bits per heavy atom. The van der Waals surface area contributed by atoms with E-state index in [1.54, 1.807) is 6.07 Å². The van der Waals surface area contributed by atoms with Crippen molar-refractivity contribution in [2.75, 3.05) is 31.2 Å². The number of rotatable bonds is 2. The number of carbonyl (C=O) groups is 2. The number of hydrogen-bond donors (Lipinski definition) is 0. The Kier molecular flexibility index (Phi) is 3.86. The number of halogens is 1. The molecule has 1 unspecified atom stereocenters. The highest BCUT2D eigenvalue weighted by Crippen LogP contribution is 2.34. The lowest BCUT2D eigenvalue weighted by molar-refractivity contribution is -0.188. The lowest BCUT2D eigenvalue weighted by Crippen LogP contribution is -2.51. The van der Waals surface area contributed by atoms with Gasteiger partial charge in [-0.15, -0.1) is 0 Å². The van der Waals surface area contributed by atoms with Gasteiger partial charge in [0.2, 0.25) is 5.91 Å². The summed E-state index contributed by atoms with van der Waals surface area (Å²) in [6, 6.07) is 5.33. The summed E-state index contributed by atoms with van der Waals surface area (Å²) in [6.45, 7) is 2.44. The first kappa shape index (κ1) is 15.7. The fourth-order valence-corrected chi connectivity index (χ4v) is 3.75. The third kappa shape index (κ3) is 2.53. The quantitative estimate of drug-likeness (QED) is 0.763. The Balaban J connectivity index is 1.49. The predicted molar refractivity (Wildman–Crippen MR) is 82.7 cm³/mol. The van der Waals surface area contributed by atoms with Gasteiger partial charge in [-0.1, -0.05) is 12.1 Å². The van der Waals surface area contributed by atoms with Gasteiger partial charge in [0.1, 0.15) is 5.82 Å². The normalized spacial score (nSPS) is 27.4. The van der Waals surface area contributed by atoms with Gasteiger partial charge in [0.15, 0.2) is 5.79 Å². The van der Waals surface area contributed by atoms with Gasteiger partial charge < -0.3 is 9.47 Å². The number of benzene rings is 1. The minimum absolute atomic E-state index is 0.0333. The Morgan fingerprint density at radius 1 is 1.08 bits per heavy atom. The zero-order valence-corrected chi connectivity index (χ0v) is 13.2. The molecule has 1 aromatic rings. The maximum absolute atomic E-state index is 14.0. The van der Waals surface area contributed by atoms with E-state index in [0.29, 0.717) is 39.1 Å². The van der Waals surface area contributed by atoms with E-state index in [1.807, 2.05) is 4.90 Å². The molecule has 3 fully saturated rings. The molecular weight excluding hydrogens is 315 g/mol. The summed E-state index contributed by atoms with van der Waals surface area (Å²) in [5.41, 5.74) is 0.0333. The number of likely N-dealkylation sites (tertiary alicyclic amines) is 1. The van der Waals surface area contributed by atoms with Crippen LogP contribution in [0, 0.1) is 5.82 Å². The lowest BCUT2D eigenvalue weighted by atomic mass is 10.0. The Bertz CT molecular complexity index is 664. The molecule has 0 radical (unpaired) electrons. The van der Waals surface area contributed by atoms with E-state index < -0.39 is 17.6 Å². The molecule has 6 nitrogen and oxygen atoms in total. The Morgan fingerprint density at radius 3 is 2.42 bits per heavy atom. The van der Waals surface area contributed by atoms with Crippen molar-refractivity contribution in [3.8, 4) is 0 Å². The van der Waals surface area contributed by atoms with Crippen molar-refractivity contribution in [1.29, 1.82) is 0 Å². The molecule has 3 aliphatic heterocycles. The van der Waals surface area contributed by atoms with Gasteiger partial charge in [-0.2, -0.15) is 0 Å². The maximum atomic E-state index is 14.0. The van der Waals surface area contributed by atoms with E-state index >= 15 is 0 Å². The standard InChI is InChI=1S/C17H19FN2O4/c18-12-3-1-2-4-13(12)20-15(21)11-14(16(20)22)19-7-5-17(6-8-19)23-9-10-24-17/h1-4,14H,5-11H2. The maximum Gasteiger partial charge on any atom is 0.251 e. The minimum Gasteiger partial charge on any atom is -0.347 e. The van der Waals surface area contributed by atoms with Crippen molar-refractivity contribution < 1.29 is 23.5 Å². The molecule has 0 N–H and O–H groups in total. The van der Waals surface area contributed by atoms with E-state index in [4.69, 9.17) is 9.47 Å². The summed E-state index contributed by atoms with van der Waals surface area (Å²) < 4.78 is 25.3. The van der Waals surface area contributed by atoms with Crippen LogP contribution in [0.4, 0.5) is 10.1 Å². The largest absolute Gasteiger partial charge is 0.347 e. The number of anilines is 1. The van der Waals surface area contributed by atoms with Gasteiger partial charge in [-0.05, 0) is 12.1 Å². The summed E-state index contributed by atoms with van der Waals surface area (Å²) >= 11 is 0. The molecule has 1 aromatic carbocycles. The second-order valence-corrected chi connectivity index (χ2v) is 6.38. The highest BCUT2D eigenvalue weighted by molar-refractivity contribution is 6.22. The van der Waals surface area contributed by atoms with Crippen molar-refractivity contribution in [2.45, 2.75) is 31.1 Å². The van der Waals surface area contributed by atoms with E-state index in [2.05, 4.69) is 0 Å². The average Bonchev–Trinajstić information content (AvgIpc) is 3.15. The van der Waals surface area contributed by atoms with E-state index in [1.165, 1.54) is 18.2 Å². The minimum atomic E-state index is -0.565. The van der Waals surface area contributed by atoms with E-state index in [0.717, 1.165) is 4.90 Å². The highest BCUT2D eigenvalue weighted by atomic mass is 19.1. The van der Waals surface area contributed by atoms with Gasteiger partial charge in [-0.25, -0.2) is 9.29 Å². The summed E-state index contributed by atoms with van der Waals surface area (Å²) in [5, 5.41) is 0. The van der Waals surface area contributed by atoms with Gasteiger partial charge in [0, 0.05) is 25.9 Å². The molecule has 0 bridgehead atoms. The van der Waals surface area contributed by atoms with Crippen LogP contribution in [0.3, 0.4) is 0 Å². The molecule has 1 atom stereocenters. The molecule has 3 heterocycles. The molecule has 128 valence electrons. The lowest BCUT2D eigenvalue weighted by Gasteiger charge is -2.39. The van der Waals surface area contributed by atoms with Crippen LogP contribution in [0.5, 0.6) is 0 Å². The third-order valence-corrected chi connectivity index (χ3v) is 5.03. The number of imide groups is 1. The number of amides is 2. The Hall–Kier alpha value is -1.83. The number of carbonyl (C=O) groups excluding carboxylic acids is 2. The summed E-state index contributed by atoms with van der Waals surface area (Å²) in [5.74, 6) is -1.80. The van der Waals surface area contributed by atoms with Crippen LogP contribution < -0.4 is 4.90 Å². The van der Waals surface area contributed by atoms with Gasteiger partial charge in [0.25, 0.3) is 5.91 Å². The topological polar surface area (TPSA) is 59.1 Å².